The van der Waals surface area contributed by atoms with Crippen LogP contribution in [0.15, 0.2) is 32.7 Å². The van der Waals surface area contributed by atoms with Crippen molar-refractivity contribution in [3.63, 3.8) is 0 Å². The molecule has 0 aliphatic rings. The van der Waals surface area contributed by atoms with E-state index >= 15 is 0 Å². The van der Waals surface area contributed by atoms with Gasteiger partial charge in [0.1, 0.15) is 0 Å². The summed E-state index contributed by atoms with van der Waals surface area (Å²) in [6.07, 6.45) is -4.88. The first-order valence-electron chi connectivity index (χ1n) is 6.14. The lowest BCUT2D eigenvalue weighted by molar-refractivity contribution is -0.136. The number of aromatic nitrogens is 2. The fraction of sp³-hybridized carbons (Fsp3) is 0.167. The van der Waals surface area contributed by atoms with Crippen molar-refractivity contribution in [2.45, 2.75) is 18.0 Å². The highest BCUT2D eigenvalue weighted by molar-refractivity contribution is 7.92. The Balaban J connectivity index is 2.60. The van der Waals surface area contributed by atoms with Crippen LogP contribution in [-0.4, -0.2) is 18.4 Å². The average molecular weight is 384 g/mol. The van der Waals surface area contributed by atoms with Crippen molar-refractivity contribution in [1.82, 2.24) is 9.97 Å². The topological polar surface area (TPSA) is 112 Å². The van der Waals surface area contributed by atoms with Gasteiger partial charge in [-0.25, -0.2) is 13.2 Å². The molecule has 7 nitrogen and oxygen atoms in total. The molecule has 0 radical (unpaired) electrons. The number of sulfonamides is 1. The molecule has 0 saturated heterocycles. The van der Waals surface area contributed by atoms with Crippen molar-refractivity contribution >= 4 is 27.3 Å². The van der Waals surface area contributed by atoms with Gasteiger partial charge in [-0.3, -0.25) is 14.5 Å². The lowest BCUT2D eigenvalue weighted by Gasteiger charge is -2.15. The fourth-order valence-corrected chi connectivity index (χ4v) is 3.44. The van der Waals surface area contributed by atoms with E-state index in [4.69, 9.17) is 11.6 Å². The summed E-state index contributed by atoms with van der Waals surface area (Å²) in [5, 5.41) is -0.247. The predicted molar refractivity (Wildman–Crippen MR) is 79.7 cm³/mol. The van der Waals surface area contributed by atoms with Gasteiger partial charge in [-0.05, 0) is 25.1 Å². The van der Waals surface area contributed by atoms with E-state index in [0.717, 1.165) is 19.1 Å². The Morgan fingerprint density at radius 3 is 2.33 bits per heavy atom. The second kappa shape index (κ2) is 5.98. The van der Waals surface area contributed by atoms with Gasteiger partial charge in [-0.2, -0.15) is 13.2 Å². The first-order valence-corrected chi connectivity index (χ1v) is 8.00. The summed E-state index contributed by atoms with van der Waals surface area (Å²) in [7, 11) is -4.69. The normalized spacial score (nSPS) is 12.2. The predicted octanol–water partition coefficient (Wildman–Crippen LogP) is 1.84. The van der Waals surface area contributed by atoms with E-state index in [-0.39, 0.29) is 10.7 Å². The molecule has 0 amide bonds. The smallest absolute Gasteiger partial charge is 0.310 e. The van der Waals surface area contributed by atoms with Crippen molar-refractivity contribution < 1.29 is 21.6 Å². The number of aryl methyl sites for hydroxylation is 1. The number of H-pyrrole nitrogens is 2. The Kier molecular flexibility index (Phi) is 4.50. The van der Waals surface area contributed by atoms with Gasteiger partial charge in [0.25, 0.3) is 15.6 Å². The van der Waals surface area contributed by atoms with E-state index in [2.05, 4.69) is 4.98 Å². The summed E-state index contributed by atoms with van der Waals surface area (Å²) in [6.45, 7) is 1.12. The zero-order valence-corrected chi connectivity index (χ0v) is 13.4. The van der Waals surface area contributed by atoms with Crippen molar-refractivity contribution in [2.24, 2.45) is 0 Å². The van der Waals surface area contributed by atoms with Crippen LogP contribution >= 0.6 is 11.6 Å². The summed E-state index contributed by atoms with van der Waals surface area (Å²) < 4.78 is 65.2. The molecule has 1 heterocycles. The maximum atomic E-state index is 13.0. The number of nitrogens with one attached hydrogen (secondary N) is 3. The second-order valence-electron chi connectivity index (χ2n) is 4.66. The Morgan fingerprint density at radius 1 is 1.17 bits per heavy atom. The fourth-order valence-electron chi connectivity index (χ4n) is 1.95. The van der Waals surface area contributed by atoms with Gasteiger partial charge in [-0.1, -0.05) is 11.6 Å². The third kappa shape index (κ3) is 3.62. The van der Waals surface area contributed by atoms with Gasteiger partial charge < -0.3 is 4.98 Å². The van der Waals surface area contributed by atoms with Gasteiger partial charge in [-0.15, -0.1) is 0 Å². The van der Waals surface area contributed by atoms with E-state index in [1.165, 1.54) is 0 Å². The third-order valence-electron chi connectivity index (χ3n) is 2.87. The number of rotatable bonds is 3. The standard InChI is InChI=1S/C12H9ClF3N3O4S/c1-5-9(10(20)18-11(21)17-5)24(22,23)19-8-3-2-6(13)4-7(8)12(14,15)16/h2-4,19H,1H3,(H2,17,18,20,21). The van der Waals surface area contributed by atoms with Gasteiger partial charge in [0, 0.05) is 10.7 Å². The number of benzene rings is 1. The van der Waals surface area contributed by atoms with Crippen LogP contribution in [0.5, 0.6) is 0 Å². The van der Waals surface area contributed by atoms with E-state index in [1.807, 2.05) is 0 Å². The molecule has 0 unspecified atom stereocenters. The molecule has 1 aromatic carbocycles. The van der Waals surface area contributed by atoms with Crippen molar-refractivity contribution in [1.29, 1.82) is 0 Å². The zero-order valence-electron chi connectivity index (χ0n) is 11.8. The molecule has 0 aliphatic carbocycles. The number of anilines is 1. The van der Waals surface area contributed by atoms with Crippen LogP contribution < -0.4 is 16.0 Å². The Labute approximate surface area is 137 Å². The average Bonchev–Trinajstić information content (AvgIpc) is 2.37. The molecular weight excluding hydrogens is 375 g/mol. The highest BCUT2D eigenvalue weighted by Crippen LogP contribution is 2.37. The zero-order chi connectivity index (χ0) is 18.3. The van der Waals surface area contributed by atoms with Crippen LogP contribution in [0, 0.1) is 6.92 Å². The first-order chi connectivity index (χ1) is 10.9. The number of aromatic amines is 2. The van der Waals surface area contributed by atoms with Crippen LogP contribution in [-0.2, 0) is 16.2 Å². The van der Waals surface area contributed by atoms with Crippen LogP contribution in [0.3, 0.4) is 0 Å². The molecule has 24 heavy (non-hydrogen) atoms. The van der Waals surface area contributed by atoms with E-state index in [1.54, 1.807) is 9.71 Å². The van der Waals surface area contributed by atoms with Crippen molar-refractivity contribution in [3.05, 3.63) is 55.3 Å². The van der Waals surface area contributed by atoms with Crippen molar-refractivity contribution in [3.8, 4) is 0 Å². The number of alkyl halides is 3. The summed E-state index contributed by atoms with van der Waals surface area (Å²) in [6, 6.07) is 2.42. The van der Waals surface area contributed by atoms with E-state index < -0.39 is 43.6 Å². The van der Waals surface area contributed by atoms with E-state index in [0.29, 0.717) is 6.07 Å². The molecule has 0 fully saturated rings. The lowest BCUT2D eigenvalue weighted by atomic mass is 10.2. The van der Waals surface area contributed by atoms with E-state index in [9.17, 15) is 31.2 Å². The van der Waals surface area contributed by atoms with Gasteiger partial charge >= 0.3 is 11.9 Å². The first kappa shape index (κ1) is 18.1. The molecule has 2 rings (SSSR count). The minimum absolute atomic E-state index is 0.247. The molecule has 0 spiro atoms. The SMILES string of the molecule is Cc1[nH]c(=O)[nH]c(=O)c1S(=O)(=O)Nc1ccc(Cl)cc1C(F)(F)F. The summed E-state index contributed by atoms with van der Waals surface area (Å²) >= 11 is 5.51. The molecule has 0 bridgehead atoms. The second-order valence-corrected chi connectivity index (χ2v) is 6.71. The summed E-state index contributed by atoms with van der Waals surface area (Å²) in [5.74, 6) is 0. The van der Waals surface area contributed by atoms with Crippen LogP contribution in [0.1, 0.15) is 11.3 Å². The molecule has 2 aromatic rings. The lowest BCUT2D eigenvalue weighted by Crippen LogP contribution is -2.31. The maximum Gasteiger partial charge on any atom is 0.418 e. The highest BCUT2D eigenvalue weighted by atomic mass is 35.5. The van der Waals surface area contributed by atoms with Gasteiger partial charge in [0.15, 0.2) is 4.90 Å². The number of halogens is 4. The highest BCUT2D eigenvalue weighted by Gasteiger charge is 2.35. The molecular formula is C12H9ClF3N3O4S. The molecule has 0 atom stereocenters. The third-order valence-corrected chi connectivity index (χ3v) is 4.63. The van der Waals surface area contributed by atoms with Gasteiger partial charge in [0.2, 0.25) is 0 Å². The Bertz CT molecular complexity index is 1010. The molecule has 1 aromatic heterocycles. The largest absolute Gasteiger partial charge is 0.418 e. The number of hydrogen-bond acceptors (Lipinski definition) is 4. The van der Waals surface area contributed by atoms with Gasteiger partial charge in [0.05, 0.1) is 11.3 Å². The summed E-state index contributed by atoms with van der Waals surface area (Å²) in [5.41, 5.74) is -4.65. The minimum atomic E-state index is -4.88. The maximum absolute atomic E-state index is 13.0. The monoisotopic (exact) mass is 383 g/mol. The Morgan fingerprint density at radius 2 is 1.79 bits per heavy atom. The quantitative estimate of drug-likeness (QED) is 0.750. The van der Waals surface area contributed by atoms with Crippen LogP contribution in [0.2, 0.25) is 5.02 Å². The molecule has 3 N–H and O–H groups in total. The molecule has 0 saturated carbocycles. The molecule has 130 valence electrons. The summed E-state index contributed by atoms with van der Waals surface area (Å²) in [4.78, 5) is 25.6. The minimum Gasteiger partial charge on any atom is -0.310 e. The molecule has 0 aliphatic heterocycles. The van der Waals surface area contributed by atoms with Crippen LogP contribution in [0.25, 0.3) is 0 Å². The Hall–Kier alpha value is -2.27. The van der Waals surface area contributed by atoms with Crippen molar-refractivity contribution in [2.75, 3.05) is 4.72 Å². The number of hydrogen-bond donors (Lipinski definition) is 3. The molecule has 12 heteroatoms. The van der Waals surface area contributed by atoms with Crippen LogP contribution in [0.4, 0.5) is 18.9 Å².